The lowest BCUT2D eigenvalue weighted by Crippen LogP contribution is -2.33. The highest BCUT2D eigenvalue weighted by molar-refractivity contribution is 4.82. The number of nitrogens with one attached hydrogen (secondary N) is 1. The van der Waals surface area contributed by atoms with Crippen LogP contribution in [0.25, 0.3) is 0 Å². The maximum atomic E-state index is 5.83. The number of rotatable bonds is 5. The topological polar surface area (TPSA) is 47.3 Å². The number of hydrogen-bond acceptors (Lipinski definition) is 3. The molecule has 13 heavy (non-hydrogen) atoms. The second kappa shape index (κ2) is 5.58. The summed E-state index contributed by atoms with van der Waals surface area (Å²) in [5, 5.41) is 3.54. The van der Waals surface area contributed by atoms with E-state index in [1.807, 2.05) is 0 Å². The van der Waals surface area contributed by atoms with Gasteiger partial charge in [-0.2, -0.15) is 0 Å². The van der Waals surface area contributed by atoms with Crippen LogP contribution in [0.2, 0.25) is 0 Å². The van der Waals surface area contributed by atoms with Crippen LogP contribution in [0.1, 0.15) is 26.2 Å². The lowest BCUT2D eigenvalue weighted by Gasteiger charge is -2.16. The van der Waals surface area contributed by atoms with Gasteiger partial charge in [0.2, 0.25) is 0 Å². The van der Waals surface area contributed by atoms with E-state index in [2.05, 4.69) is 12.2 Å². The van der Waals surface area contributed by atoms with Crippen LogP contribution >= 0.6 is 0 Å². The molecule has 1 aliphatic rings. The Bertz CT molecular complexity index is 141. The van der Waals surface area contributed by atoms with Gasteiger partial charge in [-0.1, -0.05) is 6.92 Å². The minimum absolute atomic E-state index is 0.426. The molecule has 0 heterocycles. The smallest absolute Gasteiger partial charge is 0.0499 e. The van der Waals surface area contributed by atoms with Gasteiger partial charge in [-0.15, -0.1) is 0 Å². The van der Waals surface area contributed by atoms with E-state index in [9.17, 15) is 0 Å². The third-order valence-electron chi connectivity index (χ3n) is 2.68. The summed E-state index contributed by atoms with van der Waals surface area (Å²) in [5.41, 5.74) is 5.83. The van der Waals surface area contributed by atoms with Gasteiger partial charge in [0.1, 0.15) is 0 Å². The number of methoxy groups -OCH3 is 1. The van der Waals surface area contributed by atoms with Crippen molar-refractivity contribution in [2.24, 2.45) is 11.7 Å². The van der Waals surface area contributed by atoms with E-state index in [0.717, 1.165) is 19.6 Å². The zero-order valence-corrected chi connectivity index (χ0v) is 8.75. The highest BCUT2D eigenvalue weighted by atomic mass is 16.5. The van der Waals surface area contributed by atoms with Crippen molar-refractivity contribution in [3.05, 3.63) is 0 Å². The second-order valence-corrected chi connectivity index (χ2v) is 4.24. The molecule has 0 spiro atoms. The zero-order chi connectivity index (χ0) is 9.68. The summed E-state index contributed by atoms with van der Waals surface area (Å²) in [5.74, 6) is 0.599. The summed E-state index contributed by atoms with van der Waals surface area (Å²) >= 11 is 0. The van der Waals surface area contributed by atoms with Crippen molar-refractivity contribution in [1.82, 2.24) is 5.32 Å². The monoisotopic (exact) mass is 186 g/mol. The van der Waals surface area contributed by atoms with Gasteiger partial charge in [0, 0.05) is 32.3 Å². The Balaban J connectivity index is 2.05. The summed E-state index contributed by atoms with van der Waals surface area (Å²) in [6, 6.07) is 1.07. The Labute approximate surface area is 81.0 Å². The van der Waals surface area contributed by atoms with Crippen LogP contribution in [0.3, 0.4) is 0 Å². The fourth-order valence-electron chi connectivity index (χ4n) is 1.91. The van der Waals surface area contributed by atoms with Crippen molar-refractivity contribution in [3.8, 4) is 0 Å². The van der Waals surface area contributed by atoms with Crippen LogP contribution in [-0.4, -0.2) is 32.3 Å². The zero-order valence-electron chi connectivity index (χ0n) is 8.75. The minimum atomic E-state index is 0.426. The Morgan fingerprint density at radius 2 is 2.31 bits per heavy atom. The van der Waals surface area contributed by atoms with Crippen LogP contribution in [0.4, 0.5) is 0 Å². The molecule has 78 valence electrons. The molecular weight excluding hydrogens is 164 g/mol. The maximum absolute atomic E-state index is 5.83. The summed E-state index contributed by atoms with van der Waals surface area (Å²) in [6.07, 6.45) is 3.55. The number of nitrogens with two attached hydrogens (primary N) is 1. The van der Waals surface area contributed by atoms with E-state index in [1.54, 1.807) is 7.11 Å². The Morgan fingerprint density at radius 3 is 2.85 bits per heavy atom. The van der Waals surface area contributed by atoms with E-state index in [1.165, 1.54) is 12.8 Å². The molecule has 3 unspecified atom stereocenters. The normalized spacial score (nSPS) is 30.7. The fraction of sp³-hybridized carbons (Fsp3) is 1.00. The predicted octanol–water partition coefficient (Wildman–Crippen LogP) is 0.738. The van der Waals surface area contributed by atoms with Gasteiger partial charge >= 0.3 is 0 Å². The highest BCUT2D eigenvalue weighted by Crippen LogP contribution is 2.17. The number of ether oxygens (including phenoxy) is 1. The van der Waals surface area contributed by atoms with Crippen molar-refractivity contribution in [1.29, 1.82) is 0 Å². The quantitative estimate of drug-likeness (QED) is 0.665. The first-order valence-electron chi connectivity index (χ1n) is 5.20. The molecule has 1 saturated carbocycles. The molecule has 0 aromatic carbocycles. The molecule has 3 nitrogen and oxygen atoms in total. The third-order valence-corrected chi connectivity index (χ3v) is 2.68. The van der Waals surface area contributed by atoms with Gasteiger partial charge in [0.25, 0.3) is 0 Å². The second-order valence-electron chi connectivity index (χ2n) is 4.24. The molecule has 0 aliphatic heterocycles. The van der Waals surface area contributed by atoms with Crippen LogP contribution in [-0.2, 0) is 4.74 Å². The molecule has 0 aromatic rings. The number of hydrogen-bond donors (Lipinski definition) is 2. The van der Waals surface area contributed by atoms with Crippen LogP contribution in [0.15, 0.2) is 0 Å². The van der Waals surface area contributed by atoms with E-state index >= 15 is 0 Å². The van der Waals surface area contributed by atoms with Crippen molar-refractivity contribution in [2.75, 3.05) is 20.3 Å². The van der Waals surface area contributed by atoms with Crippen LogP contribution < -0.4 is 11.1 Å². The molecule has 0 amide bonds. The molecular formula is C10H22N2O. The third kappa shape index (κ3) is 4.07. The molecule has 1 fully saturated rings. The van der Waals surface area contributed by atoms with Gasteiger partial charge in [-0.05, 0) is 25.2 Å². The summed E-state index contributed by atoms with van der Waals surface area (Å²) in [7, 11) is 1.75. The first-order valence-corrected chi connectivity index (χ1v) is 5.20. The van der Waals surface area contributed by atoms with Crippen molar-refractivity contribution >= 4 is 0 Å². The van der Waals surface area contributed by atoms with Crippen molar-refractivity contribution in [3.63, 3.8) is 0 Å². The SMILES string of the molecule is COCC(C)CNC1CCC(N)C1. The van der Waals surface area contributed by atoms with E-state index in [4.69, 9.17) is 10.5 Å². The molecule has 3 atom stereocenters. The average Bonchev–Trinajstić information content (AvgIpc) is 2.49. The Morgan fingerprint density at radius 1 is 1.54 bits per heavy atom. The van der Waals surface area contributed by atoms with Gasteiger partial charge in [-0.25, -0.2) is 0 Å². The largest absolute Gasteiger partial charge is 0.384 e. The van der Waals surface area contributed by atoms with E-state index < -0.39 is 0 Å². The lowest BCUT2D eigenvalue weighted by molar-refractivity contribution is 0.157. The molecule has 1 aliphatic carbocycles. The van der Waals surface area contributed by atoms with Crippen LogP contribution in [0.5, 0.6) is 0 Å². The first-order chi connectivity index (χ1) is 6.22. The van der Waals surface area contributed by atoms with Gasteiger partial charge < -0.3 is 15.8 Å². The summed E-state index contributed by atoms with van der Waals surface area (Å²) < 4.78 is 5.08. The Kier molecular flexibility index (Phi) is 4.70. The van der Waals surface area contributed by atoms with E-state index in [0.29, 0.717) is 18.0 Å². The highest BCUT2D eigenvalue weighted by Gasteiger charge is 2.21. The predicted molar refractivity (Wildman–Crippen MR) is 54.7 cm³/mol. The molecule has 3 heteroatoms. The first kappa shape index (κ1) is 11.0. The lowest BCUT2D eigenvalue weighted by atomic mass is 10.1. The van der Waals surface area contributed by atoms with Gasteiger partial charge in [0.15, 0.2) is 0 Å². The summed E-state index contributed by atoms with van der Waals surface area (Å²) in [4.78, 5) is 0. The molecule has 0 bridgehead atoms. The molecule has 0 radical (unpaired) electrons. The van der Waals surface area contributed by atoms with Crippen molar-refractivity contribution in [2.45, 2.75) is 38.3 Å². The van der Waals surface area contributed by atoms with E-state index in [-0.39, 0.29) is 0 Å². The Hall–Kier alpha value is -0.120. The molecule has 3 N–H and O–H groups in total. The van der Waals surface area contributed by atoms with Crippen LogP contribution in [0, 0.1) is 5.92 Å². The average molecular weight is 186 g/mol. The molecule has 1 rings (SSSR count). The van der Waals surface area contributed by atoms with Crippen molar-refractivity contribution < 1.29 is 4.74 Å². The summed E-state index contributed by atoms with van der Waals surface area (Å²) in [6.45, 7) is 4.09. The molecule has 0 aromatic heterocycles. The standard InChI is InChI=1S/C10H22N2O/c1-8(7-13-2)6-12-10-4-3-9(11)5-10/h8-10,12H,3-7,11H2,1-2H3. The van der Waals surface area contributed by atoms with Gasteiger partial charge in [0.05, 0.1) is 0 Å². The minimum Gasteiger partial charge on any atom is -0.384 e. The van der Waals surface area contributed by atoms with Gasteiger partial charge in [-0.3, -0.25) is 0 Å². The fourth-order valence-corrected chi connectivity index (χ4v) is 1.91. The molecule has 0 saturated heterocycles. The maximum Gasteiger partial charge on any atom is 0.0499 e.